The van der Waals surface area contributed by atoms with Gasteiger partial charge in [-0.25, -0.2) is 0 Å². The number of hydrogen-bond donors (Lipinski definition) is 0. The fourth-order valence-corrected chi connectivity index (χ4v) is 4.15. The predicted octanol–water partition coefficient (Wildman–Crippen LogP) is 3.46. The van der Waals surface area contributed by atoms with Crippen LogP contribution in [0.5, 0.6) is 17.2 Å². The van der Waals surface area contributed by atoms with Gasteiger partial charge in [0.1, 0.15) is 5.75 Å². The highest BCUT2D eigenvalue weighted by Gasteiger charge is 2.36. The Kier molecular flexibility index (Phi) is 3.65. The summed E-state index contributed by atoms with van der Waals surface area (Å²) < 4.78 is 16.9. The van der Waals surface area contributed by atoms with Crippen molar-refractivity contribution in [3.8, 4) is 28.4 Å². The van der Waals surface area contributed by atoms with Crippen LogP contribution in [-0.2, 0) is 12.8 Å². The normalized spacial score (nSPS) is 18.6. The van der Waals surface area contributed by atoms with Crippen LogP contribution in [0.3, 0.4) is 0 Å². The number of ether oxygens (including phenoxy) is 3. The van der Waals surface area contributed by atoms with Gasteiger partial charge >= 0.3 is 0 Å². The molecule has 1 atom stereocenters. The molecule has 0 aromatic heterocycles. The zero-order chi connectivity index (χ0) is 16.8. The first-order chi connectivity index (χ1) is 11.7. The fourth-order valence-electron chi connectivity index (χ4n) is 4.15. The Morgan fingerprint density at radius 2 is 1.83 bits per heavy atom. The molecule has 0 radical (unpaired) electrons. The van der Waals surface area contributed by atoms with E-state index in [9.17, 15) is 0 Å². The maximum atomic E-state index is 5.79. The molecular formula is C20H23NO3. The first-order valence-corrected chi connectivity index (χ1v) is 8.33. The largest absolute Gasteiger partial charge is 0.497 e. The van der Waals surface area contributed by atoms with Crippen LogP contribution in [0, 0.1) is 0 Å². The smallest absolute Gasteiger partial charge is 0.168 e. The fraction of sp³-hybridized carbons (Fsp3) is 0.400. The monoisotopic (exact) mass is 325 g/mol. The van der Waals surface area contributed by atoms with Gasteiger partial charge in [0.2, 0.25) is 0 Å². The maximum Gasteiger partial charge on any atom is 0.168 e. The second kappa shape index (κ2) is 5.71. The lowest BCUT2D eigenvalue weighted by Crippen LogP contribution is -2.35. The Balaban J connectivity index is 2.07. The highest BCUT2D eigenvalue weighted by molar-refractivity contribution is 5.84. The number of likely N-dealkylation sites (N-methyl/N-ethyl adjacent to an activating group) is 1. The summed E-state index contributed by atoms with van der Waals surface area (Å²) in [5.41, 5.74) is 6.47. The number of fused-ring (bicyclic) bond motifs is 2. The van der Waals surface area contributed by atoms with E-state index in [1.54, 1.807) is 21.3 Å². The lowest BCUT2D eigenvalue weighted by Gasteiger charge is -2.40. The number of methoxy groups -OCH3 is 3. The summed E-state index contributed by atoms with van der Waals surface area (Å²) in [6.45, 7) is 1.07. The topological polar surface area (TPSA) is 30.9 Å². The van der Waals surface area contributed by atoms with E-state index in [0.29, 0.717) is 6.04 Å². The average Bonchev–Trinajstić information content (AvgIpc) is 2.63. The third-order valence-corrected chi connectivity index (χ3v) is 5.39. The Morgan fingerprint density at radius 3 is 2.54 bits per heavy atom. The van der Waals surface area contributed by atoms with Crippen molar-refractivity contribution in [2.24, 2.45) is 0 Å². The summed E-state index contributed by atoms with van der Waals surface area (Å²) in [7, 11) is 7.34. The standard InChI is InChI=1S/C20H23NO3/c1-21-8-7-13-10-17(23-3)20(24-4)19-15-11-14(22-2)6-5-12(15)9-16(21)18(13)19/h5-6,10-11,16H,7-9H2,1-4H3/t16-/m0/s1. The second-order valence-corrected chi connectivity index (χ2v) is 6.53. The quantitative estimate of drug-likeness (QED) is 0.865. The van der Waals surface area contributed by atoms with Crippen LogP contribution in [0.2, 0.25) is 0 Å². The Bertz CT molecular complexity index is 800. The van der Waals surface area contributed by atoms with Gasteiger partial charge in [0.05, 0.1) is 21.3 Å². The zero-order valence-electron chi connectivity index (χ0n) is 14.7. The van der Waals surface area contributed by atoms with Crippen LogP contribution in [0.15, 0.2) is 24.3 Å². The summed E-state index contributed by atoms with van der Waals surface area (Å²) in [5, 5.41) is 0. The van der Waals surface area contributed by atoms with E-state index in [1.165, 1.54) is 27.8 Å². The molecule has 0 N–H and O–H groups in total. The van der Waals surface area contributed by atoms with Gasteiger partial charge < -0.3 is 14.2 Å². The molecule has 4 nitrogen and oxygen atoms in total. The Hall–Kier alpha value is -2.20. The first kappa shape index (κ1) is 15.3. The molecule has 1 aliphatic carbocycles. The lowest BCUT2D eigenvalue weighted by atomic mass is 9.76. The van der Waals surface area contributed by atoms with Gasteiger partial charge in [-0.15, -0.1) is 0 Å². The molecule has 0 spiro atoms. The summed E-state index contributed by atoms with van der Waals surface area (Å²) in [6.07, 6.45) is 2.06. The molecule has 4 heteroatoms. The van der Waals surface area contributed by atoms with E-state index in [2.05, 4.69) is 30.1 Å². The van der Waals surface area contributed by atoms with Gasteiger partial charge in [-0.2, -0.15) is 0 Å². The second-order valence-electron chi connectivity index (χ2n) is 6.53. The lowest BCUT2D eigenvalue weighted by molar-refractivity contribution is 0.226. The average molecular weight is 325 g/mol. The van der Waals surface area contributed by atoms with Gasteiger partial charge in [0.25, 0.3) is 0 Å². The summed E-state index contributed by atoms with van der Waals surface area (Å²) in [6, 6.07) is 8.89. The Morgan fingerprint density at radius 1 is 1.00 bits per heavy atom. The van der Waals surface area contributed by atoms with Crippen molar-refractivity contribution in [1.29, 1.82) is 0 Å². The van der Waals surface area contributed by atoms with Gasteiger partial charge in [-0.3, -0.25) is 4.90 Å². The number of hydrogen-bond acceptors (Lipinski definition) is 4. The molecule has 1 heterocycles. The van der Waals surface area contributed by atoms with Crippen molar-refractivity contribution >= 4 is 0 Å². The van der Waals surface area contributed by atoms with Crippen molar-refractivity contribution in [2.45, 2.75) is 18.9 Å². The van der Waals surface area contributed by atoms with E-state index in [1.807, 2.05) is 6.07 Å². The highest BCUT2D eigenvalue weighted by Crippen LogP contribution is 2.52. The van der Waals surface area contributed by atoms with Crippen LogP contribution in [0.25, 0.3) is 11.1 Å². The molecule has 24 heavy (non-hydrogen) atoms. The minimum Gasteiger partial charge on any atom is -0.497 e. The molecule has 0 unspecified atom stereocenters. The minimum atomic E-state index is 0.393. The van der Waals surface area contributed by atoms with Crippen molar-refractivity contribution in [3.05, 3.63) is 41.0 Å². The molecule has 0 saturated carbocycles. The van der Waals surface area contributed by atoms with Crippen molar-refractivity contribution in [2.75, 3.05) is 34.9 Å². The van der Waals surface area contributed by atoms with Crippen molar-refractivity contribution in [1.82, 2.24) is 4.90 Å². The van der Waals surface area contributed by atoms with E-state index >= 15 is 0 Å². The molecule has 126 valence electrons. The predicted molar refractivity (Wildman–Crippen MR) is 94.3 cm³/mol. The third kappa shape index (κ3) is 2.09. The van der Waals surface area contributed by atoms with E-state index in [-0.39, 0.29) is 0 Å². The van der Waals surface area contributed by atoms with Gasteiger partial charge in [-0.05, 0) is 60.3 Å². The molecule has 2 aromatic carbocycles. The number of nitrogens with zero attached hydrogens (tertiary/aromatic N) is 1. The van der Waals surface area contributed by atoms with Crippen LogP contribution in [-0.4, -0.2) is 39.8 Å². The van der Waals surface area contributed by atoms with E-state index in [4.69, 9.17) is 14.2 Å². The van der Waals surface area contributed by atoms with Crippen LogP contribution in [0.1, 0.15) is 22.7 Å². The first-order valence-electron chi connectivity index (χ1n) is 8.33. The molecular weight excluding hydrogens is 302 g/mol. The zero-order valence-corrected chi connectivity index (χ0v) is 14.7. The summed E-state index contributed by atoms with van der Waals surface area (Å²) in [4.78, 5) is 2.45. The number of rotatable bonds is 3. The third-order valence-electron chi connectivity index (χ3n) is 5.39. The molecule has 2 aliphatic rings. The molecule has 0 bridgehead atoms. The molecule has 1 aliphatic heterocycles. The summed E-state index contributed by atoms with van der Waals surface area (Å²) in [5.74, 6) is 2.51. The van der Waals surface area contributed by atoms with Crippen molar-refractivity contribution in [3.63, 3.8) is 0 Å². The molecule has 0 saturated heterocycles. The van der Waals surface area contributed by atoms with Gasteiger partial charge in [0.15, 0.2) is 11.5 Å². The number of benzene rings is 2. The van der Waals surface area contributed by atoms with Crippen molar-refractivity contribution < 1.29 is 14.2 Å². The molecule has 2 aromatic rings. The van der Waals surface area contributed by atoms with Gasteiger partial charge in [-0.1, -0.05) is 6.07 Å². The van der Waals surface area contributed by atoms with E-state index < -0.39 is 0 Å². The van der Waals surface area contributed by atoms with Gasteiger partial charge in [0, 0.05) is 18.2 Å². The van der Waals surface area contributed by atoms with Crippen LogP contribution >= 0.6 is 0 Å². The Labute approximate surface area is 142 Å². The van der Waals surface area contributed by atoms with Crippen LogP contribution < -0.4 is 14.2 Å². The minimum absolute atomic E-state index is 0.393. The van der Waals surface area contributed by atoms with E-state index in [0.717, 1.165) is 36.6 Å². The molecule has 4 rings (SSSR count). The molecule has 0 fully saturated rings. The molecule has 0 amide bonds. The highest BCUT2D eigenvalue weighted by atomic mass is 16.5. The maximum absolute atomic E-state index is 5.79. The summed E-state index contributed by atoms with van der Waals surface area (Å²) >= 11 is 0. The van der Waals surface area contributed by atoms with Crippen LogP contribution in [0.4, 0.5) is 0 Å². The SMILES string of the molecule is COc1ccc2c(c1)-c1c(OC)c(OC)cc3c1[C@H](C2)N(C)CC3.